The van der Waals surface area contributed by atoms with Gasteiger partial charge in [-0.3, -0.25) is 0 Å². The Morgan fingerprint density at radius 3 is 3.00 bits per heavy atom. The number of carboxylic acid groups (broad SMARTS) is 1. The van der Waals surface area contributed by atoms with Gasteiger partial charge in [0.1, 0.15) is 18.0 Å². The van der Waals surface area contributed by atoms with Gasteiger partial charge < -0.3 is 14.7 Å². The van der Waals surface area contributed by atoms with Crippen molar-refractivity contribution >= 4 is 5.97 Å². The maximum Gasteiger partial charge on any atom is 0.341 e. The fraction of sp³-hybridized carbons (Fsp3) is 0.500. The molecule has 1 heterocycles. The lowest BCUT2D eigenvalue weighted by Crippen LogP contribution is -2.26. The molecule has 0 atom stereocenters. The zero-order valence-corrected chi connectivity index (χ0v) is 10.1. The van der Waals surface area contributed by atoms with Crippen LogP contribution in [-0.4, -0.2) is 47.2 Å². The number of ether oxygens (including phenoxy) is 1. The number of pyridine rings is 1. The van der Waals surface area contributed by atoms with Crippen LogP contribution in [-0.2, 0) is 0 Å². The number of carboxylic acids is 1. The standard InChI is InChI=1S/C12H15FN2O3/c1-15(9-2-3-9)4-5-18-11-10(12(16)17)6-8(13)7-14-11/h6-7,9H,2-5H2,1H3,(H,16,17). The summed E-state index contributed by atoms with van der Waals surface area (Å²) in [6, 6.07) is 1.53. The number of carbonyl (C=O) groups is 1. The molecule has 6 heteroatoms. The van der Waals surface area contributed by atoms with Crippen LogP contribution in [0.15, 0.2) is 12.3 Å². The Hall–Kier alpha value is -1.69. The van der Waals surface area contributed by atoms with Crippen LogP contribution in [0.3, 0.4) is 0 Å². The van der Waals surface area contributed by atoms with Gasteiger partial charge in [-0.15, -0.1) is 0 Å². The third kappa shape index (κ3) is 3.16. The van der Waals surface area contributed by atoms with E-state index in [-0.39, 0.29) is 11.4 Å². The summed E-state index contributed by atoms with van der Waals surface area (Å²) < 4.78 is 18.2. The third-order valence-electron chi connectivity index (χ3n) is 2.90. The number of rotatable bonds is 6. The SMILES string of the molecule is CN(CCOc1ncc(F)cc1C(=O)O)C1CC1. The molecule has 5 nitrogen and oxygen atoms in total. The molecule has 0 unspecified atom stereocenters. The zero-order valence-electron chi connectivity index (χ0n) is 10.1. The molecule has 0 aromatic carbocycles. The van der Waals surface area contributed by atoms with E-state index in [1.165, 1.54) is 12.8 Å². The van der Waals surface area contributed by atoms with E-state index < -0.39 is 11.8 Å². The summed E-state index contributed by atoms with van der Waals surface area (Å²) in [6.07, 6.45) is 3.35. The summed E-state index contributed by atoms with van der Waals surface area (Å²) in [5.41, 5.74) is -0.246. The molecule has 1 N–H and O–H groups in total. The van der Waals surface area contributed by atoms with Gasteiger partial charge in [-0.05, 0) is 26.0 Å². The molecule has 18 heavy (non-hydrogen) atoms. The van der Waals surface area contributed by atoms with Crippen molar-refractivity contribution < 1.29 is 19.0 Å². The van der Waals surface area contributed by atoms with Crippen molar-refractivity contribution in [1.82, 2.24) is 9.88 Å². The highest BCUT2D eigenvalue weighted by Crippen LogP contribution is 2.25. The van der Waals surface area contributed by atoms with Gasteiger partial charge in [-0.2, -0.15) is 0 Å². The number of hydrogen-bond acceptors (Lipinski definition) is 4. The third-order valence-corrected chi connectivity index (χ3v) is 2.90. The molecule has 2 rings (SSSR count). The maximum absolute atomic E-state index is 12.9. The second-order valence-electron chi connectivity index (χ2n) is 4.37. The molecular weight excluding hydrogens is 239 g/mol. The lowest BCUT2D eigenvalue weighted by atomic mass is 10.3. The molecule has 1 aromatic heterocycles. The van der Waals surface area contributed by atoms with Crippen LogP contribution in [0.1, 0.15) is 23.2 Å². The van der Waals surface area contributed by atoms with Gasteiger partial charge in [-0.1, -0.05) is 0 Å². The minimum absolute atomic E-state index is 0.0342. The predicted octanol–water partition coefficient (Wildman–Crippen LogP) is 1.39. The first-order valence-corrected chi connectivity index (χ1v) is 5.80. The van der Waals surface area contributed by atoms with Gasteiger partial charge in [0, 0.05) is 12.6 Å². The molecule has 0 aliphatic heterocycles. The number of likely N-dealkylation sites (N-methyl/N-ethyl adjacent to an activating group) is 1. The zero-order chi connectivity index (χ0) is 13.1. The highest BCUT2D eigenvalue weighted by atomic mass is 19.1. The Morgan fingerprint density at radius 2 is 2.39 bits per heavy atom. The molecule has 98 valence electrons. The summed E-state index contributed by atoms with van der Waals surface area (Å²) in [5, 5.41) is 8.90. The van der Waals surface area contributed by atoms with E-state index >= 15 is 0 Å². The lowest BCUT2D eigenvalue weighted by molar-refractivity contribution is 0.0689. The number of hydrogen-bond donors (Lipinski definition) is 1. The molecule has 1 aliphatic rings. The Morgan fingerprint density at radius 1 is 1.67 bits per heavy atom. The first-order chi connectivity index (χ1) is 8.58. The van der Waals surface area contributed by atoms with Gasteiger partial charge in [-0.25, -0.2) is 14.2 Å². The van der Waals surface area contributed by atoms with Crippen molar-refractivity contribution in [2.75, 3.05) is 20.2 Å². The highest BCUT2D eigenvalue weighted by Gasteiger charge is 2.25. The maximum atomic E-state index is 12.9. The molecular formula is C12H15FN2O3. The Balaban J connectivity index is 1.93. The van der Waals surface area contributed by atoms with Gasteiger partial charge in [0.15, 0.2) is 0 Å². The van der Waals surface area contributed by atoms with Crippen molar-refractivity contribution in [2.45, 2.75) is 18.9 Å². The van der Waals surface area contributed by atoms with Crippen molar-refractivity contribution in [1.29, 1.82) is 0 Å². The second-order valence-corrected chi connectivity index (χ2v) is 4.37. The van der Waals surface area contributed by atoms with Crippen molar-refractivity contribution in [3.8, 4) is 5.88 Å². The monoisotopic (exact) mass is 254 g/mol. The molecule has 0 radical (unpaired) electrons. The quantitative estimate of drug-likeness (QED) is 0.831. The minimum Gasteiger partial charge on any atom is -0.477 e. The topological polar surface area (TPSA) is 62.7 Å². The first-order valence-electron chi connectivity index (χ1n) is 5.80. The van der Waals surface area contributed by atoms with E-state index in [0.717, 1.165) is 12.3 Å². The highest BCUT2D eigenvalue weighted by molar-refractivity contribution is 5.90. The van der Waals surface area contributed by atoms with Gasteiger partial charge in [0.05, 0.1) is 6.20 Å². The van der Waals surface area contributed by atoms with E-state index in [0.29, 0.717) is 19.2 Å². The molecule has 0 spiro atoms. The molecule has 0 saturated heterocycles. The lowest BCUT2D eigenvalue weighted by Gasteiger charge is -2.15. The summed E-state index contributed by atoms with van der Waals surface area (Å²) >= 11 is 0. The van der Waals surface area contributed by atoms with E-state index in [9.17, 15) is 9.18 Å². The van der Waals surface area contributed by atoms with Gasteiger partial charge >= 0.3 is 5.97 Å². The van der Waals surface area contributed by atoms with Crippen LogP contribution >= 0.6 is 0 Å². The van der Waals surface area contributed by atoms with Crippen LogP contribution in [0.4, 0.5) is 4.39 Å². The fourth-order valence-corrected chi connectivity index (χ4v) is 1.68. The molecule has 0 bridgehead atoms. The van der Waals surface area contributed by atoms with E-state index in [1.807, 2.05) is 7.05 Å². The molecule has 1 aromatic rings. The number of nitrogens with zero attached hydrogens (tertiary/aromatic N) is 2. The largest absolute Gasteiger partial charge is 0.477 e. The van der Waals surface area contributed by atoms with Crippen LogP contribution in [0, 0.1) is 5.82 Å². The van der Waals surface area contributed by atoms with E-state index in [1.54, 1.807) is 0 Å². The normalized spacial score (nSPS) is 14.8. The first kappa shape index (κ1) is 12.8. The minimum atomic E-state index is -1.24. The summed E-state index contributed by atoms with van der Waals surface area (Å²) in [7, 11) is 2.00. The number of aromatic nitrogens is 1. The van der Waals surface area contributed by atoms with Crippen molar-refractivity contribution in [3.63, 3.8) is 0 Å². The van der Waals surface area contributed by atoms with Crippen LogP contribution in [0.25, 0.3) is 0 Å². The van der Waals surface area contributed by atoms with Gasteiger partial charge in [0.25, 0.3) is 0 Å². The van der Waals surface area contributed by atoms with Crippen molar-refractivity contribution in [3.05, 3.63) is 23.6 Å². The van der Waals surface area contributed by atoms with Crippen molar-refractivity contribution in [2.24, 2.45) is 0 Å². The van der Waals surface area contributed by atoms with E-state index in [4.69, 9.17) is 9.84 Å². The average molecular weight is 254 g/mol. The number of halogens is 1. The summed E-state index contributed by atoms with van der Waals surface area (Å²) in [6.45, 7) is 1.04. The molecule has 1 fully saturated rings. The number of aromatic carboxylic acids is 1. The molecule has 1 saturated carbocycles. The molecule has 0 amide bonds. The smallest absolute Gasteiger partial charge is 0.341 e. The second kappa shape index (κ2) is 5.30. The Labute approximate surface area is 104 Å². The fourth-order valence-electron chi connectivity index (χ4n) is 1.68. The Kier molecular flexibility index (Phi) is 3.76. The summed E-state index contributed by atoms with van der Waals surface area (Å²) in [5.74, 6) is -1.96. The van der Waals surface area contributed by atoms with Gasteiger partial charge in [0.2, 0.25) is 5.88 Å². The average Bonchev–Trinajstić information content (AvgIpc) is 3.14. The van der Waals surface area contributed by atoms with Crippen LogP contribution < -0.4 is 4.74 Å². The Bertz CT molecular complexity index is 449. The summed E-state index contributed by atoms with van der Waals surface area (Å²) in [4.78, 5) is 16.7. The van der Waals surface area contributed by atoms with Crippen LogP contribution in [0.5, 0.6) is 5.88 Å². The molecule has 1 aliphatic carbocycles. The predicted molar refractivity (Wildman–Crippen MR) is 62.3 cm³/mol. The van der Waals surface area contributed by atoms with Crippen LogP contribution in [0.2, 0.25) is 0 Å². The van der Waals surface area contributed by atoms with E-state index in [2.05, 4.69) is 9.88 Å².